The Labute approximate surface area is 121 Å². The number of carbonyl (C=O) groups excluding carboxylic acids is 2. The van der Waals surface area contributed by atoms with Crippen LogP contribution in [-0.4, -0.2) is 17.4 Å². The fourth-order valence-corrected chi connectivity index (χ4v) is 1.66. The van der Waals surface area contributed by atoms with Gasteiger partial charge in [0.25, 0.3) is 0 Å². The van der Waals surface area contributed by atoms with Crippen LogP contribution in [0.15, 0.2) is 12.1 Å². The minimum atomic E-state index is -1.57. The van der Waals surface area contributed by atoms with Gasteiger partial charge in [-0.2, -0.15) is 0 Å². The molecule has 0 heterocycles. The molecule has 3 nitrogen and oxygen atoms in total. The maximum Gasteiger partial charge on any atom is 0.306 e. The van der Waals surface area contributed by atoms with Crippen LogP contribution >= 0.6 is 0 Å². The van der Waals surface area contributed by atoms with Crippen LogP contribution in [0, 0.1) is 17.5 Å². The van der Waals surface area contributed by atoms with Gasteiger partial charge in [-0.15, -0.1) is 0 Å². The van der Waals surface area contributed by atoms with Gasteiger partial charge in [0.2, 0.25) is 0 Å². The second-order valence-electron chi connectivity index (χ2n) is 5.68. The van der Waals surface area contributed by atoms with Gasteiger partial charge in [0, 0.05) is 12.8 Å². The van der Waals surface area contributed by atoms with Crippen molar-refractivity contribution >= 4 is 11.8 Å². The zero-order valence-corrected chi connectivity index (χ0v) is 12.1. The summed E-state index contributed by atoms with van der Waals surface area (Å²) >= 11 is 0. The Morgan fingerprint density at radius 2 is 1.57 bits per heavy atom. The Balaban J connectivity index is 2.53. The van der Waals surface area contributed by atoms with Crippen LogP contribution in [0.25, 0.3) is 0 Å². The highest BCUT2D eigenvalue weighted by Crippen LogP contribution is 2.15. The minimum Gasteiger partial charge on any atom is -0.460 e. The topological polar surface area (TPSA) is 43.4 Å². The summed E-state index contributed by atoms with van der Waals surface area (Å²) < 4.78 is 43.8. The Morgan fingerprint density at radius 3 is 2.05 bits per heavy atom. The maximum absolute atomic E-state index is 13.0. The first-order valence-electron chi connectivity index (χ1n) is 6.45. The van der Waals surface area contributed by atoms with Gasteiger partial charge in [-0.3, -0.25) is 9.59 Å². The monoisotopic (exact) mass is 302 g/mol. The van der Waals surface area contributed by atoms with E-state index in [-0.39, 0.29) is 30.6 Å². The van der Waals surface area contributed by atoms with Crippen molar-refractivity contribution < 1.29 is 27.5 Å². The highest BCUT2D eigenvalue weighted by molar-refractivity contribution is 5.84. The number of rotatable bonds is 5. The molecule has 0 aromatic heterocycles. The first-order valence-corrected chi connectivity index (χ1v) is 6.45. The summed E-state index contributed by atoms with van der Waals surface area (Å²) in [6, 6.07) is 1.54. The van der Waals surface area contributed by atoms with Crippen molar-refractivity contribution in [2.45, 2.75) is 45.6 Å². The molecule has 0 aliphatic rings. The van der Waals surface area contributed by atoms with E-state index in [9.17, 15) is 22.8 Å². The molecular weight excluding hydrogens is 285 g/mol. The van der Waals surface area contributed by atoms with Crippen LogP contribution in [0.3, 0.4) is 0 Å². The molecule has 0 aliphatic heterocycles. The lowest BCUT2D eigenvalue weighted by Gasteiger charge is -2.19. The third-order valence-corrected chi connectivity index (χ3v) is 2.47. The Kier molecular flexibility index (Phi) is 5.52. The van der Waals surface area contributed by atoms with E-state index in [0.29, 0.717) is 0 Å². The van der Waals surface area contributed by atoms with Crippen molar-refractivity contribution in [2.75, 3.05) is 0 Å². The average molecular weight is 302 g/mol. The lowest BCUT2D eigenvalue weighted by molar-refractivity contribution is -0.155. The highest BCUT2D eigenvalue weighted by Gasteiger charge is 2.18. The van der Waals surface area contributed by atoms with Crippen LogP contribution in [0.1, 0.15) is 39.2 Å². The molecule has 1 aromatic rings. The molecular formula is C15H17F3O3. The number of hydrogen-bond acceptors (Lipinski definition) is 3. The van der Waals surface area contributed by atoms with E-state index in [1.807, 2.05) is 0 Å². The predicted molar refractivity (Wildman–Crippen MR) is 70.1 cm³/mol. The molecule has 0 saturated carbocycles. The lowest BCUT2D eigenvalue weighted by Crippen LogP contribution is -2.24. The fourth-order valence-electron chi connectivity index (χ4n) is 1.66. The molecule has 0 fully saturated rings. The van der Waals surface area contributed by atoms with Crippen molar-refractivity contribution in [1.29, 1.82) is 0 Å². The first-order chi connectivity index (χ1) is 9.58. The van der Waals surface area contributed by atoms with E-state index in [1.165, 1.54) is 0 Å². The Morgan fingerprint density at radius 1 is 1.05 bits per heavy atom. The predicted octanol–water partition coefficient (Wildman–Crippen LogP) is 3.34. The van der Waals surface area contributed by atoms with Gasteiger partial charge >= 0.3 is 5.97 Å². The molecule has 1 aromatic carbocycles. The van der Waals surface area contributed by atoms with Crippen LogP contribution in [0.4, 0.5) is 13.2 Å². The fraction of sp³-hybridized carbons (Fsp3) is 0.467. The van der Waals surface area contributed by atoms with Crippen molar-refractivity contribution in [3.63, 3.8) is 0 Å². The quantitative estimate of drug-likeness (QED) is 0.619. The van der Waals surface area contributed by atoms with Crippen LogP contribution in [0.2, 0.25) is 0 Å². The molecule has 6 heteroatoms. The average Bonchev–Trinajstić information content (AvgIpc) is 2.31. The van der Waals surface area contributed by atoms with Crippen LogP contribution in [-0.2, 0) is 20.7 Å². The molecule has 0 bridgehead atoms. The summed E-state index contributed by atoms with van der Waals surface area (Å²) in [5, 5.41) is 0. The Hall–Kier alpha value is -1.85. The van der Waals surface area contributed by atoms with Crippen LogP contribution < -0.4 is 0 Å². The van der Waals surface area contributed by atoms with Gasteiger partial charge in [0.15, 0.2) is 17.5 Å². The number of hydrogen-bond donors (Lipinski definition) is 0. The van der Waals surface area contributed by atoms with Gasteiger partial charge in [0.05, 0.1) is 6.42 Å². The summed E-state index contributed by atoms with van der Waals surface area (Å²) in [7, 11) is 0. The number of ketones is 1. The second kappa shape index (κ2) is 6.74. The number of carbonyl (C=O) groups is 2. The maximum atomic E-state index is 13.0. The summed E-state index contributed by atoms with van der Waals surface area (Å²) in [5.74, 6) is -5.16. The van der Waals surface area contributed by atoms with Gasteiger partial charge < -0.3 is 4.74 Å². The van der Waals surface area contributed by atoms with E-state index < -0.39 is 29.0 Å². The van der Waals surface area contributed by atoms with Crippen molar-refractivity contribution in [1.82, 2.24) is 0 Å². The zero-order valence-electron chi connectivity index (χ0n) is 12.1. The normalized spacial score (nSPS) is 11.3. The molecule has 0 N–H and O–H groups in total. The summed E-state index contributed by atoms with van der Waals surface area (Å²) in [6.07, 6.45) is -0.477. The number of Topliss-reactive ketones (excluding diaryl/α,β-unsaturated/α-hetero) is 1. The highest BCUT2D eigenvalue weighted by atomic mass is 19.2. The number of esters is 1. The summed E-state index contributed by atoms with van der Waals surface area (Å²) in [6.45, 7) is 5.12. The van der Waals surface area contributed by atoms with Crippen molar-refractivity contribution in [3.8, 4) is 0 Å². The second-order valence-corrected chi connectivity index (χ2v) is 5.68. The molecule has 1 rings (SSSR count). The molecule has 0 atom stereocenters. The molecule has 0 aliphatic carbocycles. The van der Waals surface area contributed by atoms with Gasteiger partial charge in [-0.05, 0) is 38.5 Å². The SMILES string of the molecule is CC(C)(C)OC(=O)CCC(=O)Cc1cc(F)c(F)c(F)c1. The zero-order chi connectivity index (χ0) is 16.2. The molecule has 116 valence electrons. The first kappa shape index (κ1) is 17.2. The van der Waals surface area contributed by atoms with E-state index >= 15 is 0 Å². The molecule has 21 heavy (non-hydrogen) atoms. The van der Waals surface area contributed by atoms with E-state index in [1.54, 1.807) is 20.8 Å². The smallest absolute Gasteiger partial charge is 0.306 e. The van der Waals surface area contributed by atoms with E-state index in [4.69, 9.17) is 4.74 Å². The van der Waals surface area contributed by atoms with Gasteiger partial charge in [-0.25, -0.2) is 13.2 Å². The largest absolute Gasteiger partial charge is 0.460 e. The third kappa shape index (κ3) is 5.97. The summed E-state index contributed by atoms with van der Waals surface area (Å²) in [5.41, 5.74) is -0.607. The molecule has 0 spiro atoms. The number of halogens is 3. The standard InChI is InChI=1S/C15H17F3O3/c1-15(2,3)21-13(20)5-4-10(19)6-9-7-11(16)14(18)12(17)8-9/h7-8H,4-6H2,1-3H3. The van der Waals surface area contributed by atoms with E-state index in [2.05, 4.69) is 0 Å². The third-order valence-electron chi connectivity index (χ3n) is 2.47. The van der Waals surface area contributed by atoms with Gasteiger partial charge in [0.1, 0.15) is 11.4 Å². The molecule has 0 unspecified atom stereocenters. The van der Waals surface area contributed by atoms with Crippen molar-refractivity contribution in [2.24, 2.45) is 0 Å². The Bertz CT molecular complexity index is 525. The molecule has 0 saturated heterocycles. The number of benzene rings is 1. The van der Waals surface area contributed by atoms with E-state index in [0.717, 1.165) is 12.1 Å². The molecule has 0 radical (unpaired) electrons. The molecule has 0 amide bonds. The van der Waals surface area contributed by atoms with Crippen molar-refractivity contribution in [3.05, 3.63) is 35.1 Å². The van der Waals surface area contributed by atoms with Crippen LogP contribution in [0.5, 0.6) is 0 Å². The summed E-state index contributed by atoms with van der Waals surface area (Å²) in [4.78, 5) is 23.1. The minimum absolute atomic E-state index is 0.0283. The lowest BCUT2D eigenvalue weighted by atomic mass is 10.1. The van der Waals surface area contributed by atoms with Gasteiger partial charge in [-0.1, -0.05) is 0 Å². The number of ether oxygens (including phenoxy) is 1.